The highest BCUT2D eigenvalue weighted by Crippen LogP contribution is 2.45. The number of para-hydroxylation sites is 2. The fraction of sp³-hybridized carbons (Fsp3) is 0.742. The van der Waals surface area contributed by atoms with E-state index >= 15 is 0 Å². The summed E-state index contributed by atoms with van der Waals surface area (Å²) < 4.78 is 2.58. The van der Waals surface area contributed by atoms with E-state index in [0.29, 0.717) is 18.1 Å². The van der Waals surface area contributed by atoms with Gasteiger partial charge in [-0.2, -0.15) is 0 Å². The fourth-order valence-electron chi connectivity index (χ4n) is 8.45. The van der Waals surface area contributed by atoms with Gasteiger partial charge in [0.25, 0.3) is 0 Å². The van der Waals surface area contributed by atoms with Gasteiger partial charge in [-0.25, -0.2) is 4.98 Å². The Balaban J connectivity index is 1.29. The molecule has 6 heteroatoms. The van der Waals surface area contributed by atoms with Crippen molar-refractivity contribution in [2.24, 2.45) is 0 Å². The Morgan fingerprint density at radius 3 is 2.14 bits per heavy atom. The van der Waals surface area contributed by atoms with Gasteiger partial charge in [-0.05, 0) is 70.0 Å². The molecule has 3 aliphatic heterocycles. The van der Waals surface area contributed by atoms with E-state index in [9.17, 15) is 9.90 Å². The lowest BCUT2D eigenvalue weighted by molar-refractivity contribution is -0.138. The first-order valence-corrected chi connectivity index (χ1v) is 15.4. The zero-order valence-corrected chi connectivity index (χ0v) is 22.6. The lowest BCUT2D eigenvalue weighted by Gasteiger charge is -2.53. The van der Waals surface area contributed by atoms with E-state index in [4.69, 9.17) is 4.98 Å². The number of fused-ring (bicyclic) bond motifs is 3. The van der Waals surface area contributed by atoms with Crippen LogP contribution in [-0.2, 0) is 4.79 Å². The monoisotopic (exact) mass is 506 g/mol. The highest BCUT2D eigenvalue weighted by molar-refractivity contribution is 5.76. The number of likely N-dealkylation sites (tertiary alicyclic amines) is 1. The highest BCUT2D eigenvalue weighted by Gasteiger charge is 2.43. The molecule has 6 rings (SSSR count). The summed E-state index contributed by atoms with van der Waals surface area (Å²) in [6.45, 7) is 0.963. The Kier molecular flexibility index (Phi) is 7.85. The molecule has 202 valence electrons. The van der Waals surface area contributed by atoms with Crippen molar-refractivity contribution in [2.45, 2.75) is 133 Å². The fourth-order valence-corrected chi connectivity index (χ4v) is 8.45. The first kappa shape index (κ1) is 25.4. The number of imidazole rings is 1. The molecular weight excluding hydrogens is 460 g/mol. The molecule has 4 aliphatic rings. The van der Waals surface area contributed by atoms with Crippen molar-refractivity contribution in [3.8, 4) is 0 Å². The number of aromatic nitrogens is 2. The summed E-state index contributed by atoms with van der Waals surface area (Å²) in [5.41, 5.74) is 2.31. The van der Waals surface area contributed by atoms with Crippen LogP contribution in [0.15, 0.2) is 24.3 Å². The molecule has 1 N–H and O–H groups in total. The van der Waals surface area contributed by atoms with E-state index < -0.39 is 5.97 Å². The maximum Gasteiger partial charge on any atom is 0.317 e. The normalized spacial score (nSPS) is 31.0. The lowest BCUT2D eigenvalue weighted by atomic mass is 9.79. The second kappa shape index (κ2) is 11.4. The van der Waals surface area contributed by atoms with Crippen molar-refractivity contribution < 1.29 is 9.90 Å². The Labute approximate surface area is 222 Å². The summed E-state index contributed by atoms with van der Waals surface area (Å²) in [6, 6.07) is 11.3. The van der Waals surface area contributed by atoms with E-state index in [2.05, 4.69) is 38.6 Å². The van der Waals surface area contributed by atoms with Crippen molar-refractivity contribution >= 4 is 17.0 Å². The third-order valence-electron chi connectivity index (χ3n) is 9.99. The minimum atomic E-state index is -0.733. The Bertz CT molecular complexity index is 1040. The number of rotatable bonds is 5. The Morgan fingerprint density at radius 2 is 1.43 bits per heavy atom. The highest BCUT2D eigenvalue weighted by atomic mass is 16.4. The smallest absolute Gasteiger partial charge is 0.317 e. The molecule has 4 heterocycles. The molecule has 1 aromatic heterocycles. The molecule has 4 fully saturated rings. The molecule has 2 unspecified atom stereocenters. The molecule has 0 spiro atoms. The maximum absolute atomic E-state index is 11.6. The van der Waals surface area contributed by atoms with E-state index in [0.717, 1.165) is 36.8 Å². The Hall–Kier alpha value is -1.92. The Morgan fingerprint density at radius 1 is 0.784 bits per heavy atom. The molecule has 0 radical (unpaired) electrons. The van der Waals surface area contributed by atoms with Gasteiger partial charge < -0.3 is 9.67 Å². The summed E-state index contributed by atoms with van der Waals surface area (Å²) in [7, 11) is 0. The van der Waals surface area contributed by atoms with Crippen LogP contribution in [0.1, 0.15) is 121 Å². The van der Waals surface area contributed by atoms with Gasteiger partial charge in [0.2, 0.25) is 0 Å². The van der Waals surface area contributed by atoms with Gasteiger partial charge in [0.05, 0.1) is 23.6 Å². The molecule has 2 aromatic rings. The van der Waals surface area contributed by atoms with Crippen LogP contribution in [0.3, 0.4) is 0 Å². The zero-order chi connectivity index (χ0) is 25.2. The van der Waals surface area contributed by atoms with Gasteiger partial charge in [0, 0.05) is 24.2 Å². The molecule has 1 aliphatic carbocycles. The second-order valence-electron chi connectivity index (χ2n) is 12.4. The van der Waals surface area contributed by atoms with Crippen molar-refractivity contribution in [3.05, 3.63) is 30.1 Å². The van der Waals surface area contributed by atoms with Gasteiger partial charge in [0.1, 0.15) is 5.82 Å². The van der Waals surface area contributed by atoms with Crippen LogP contribution in [0.2, 0.25) is 0 Å². The van der Waals surface area contributed by atoms with Crippen molar-refractivity contribution in [3.63, 3.8) is 0 Å². The van der Waals surface area contributed by atoms with Crippen molar-refractivity contribution in [1.29, 1.82) is 0 Å². The first-order valence-electron chi connectivity index (χ1n) is 15.4. The second-order valence-corrected chi connectivity index (χ2v) is 12.4. The van der Waals surface area contributed by atoms with Crippen LogP contribution in [-0.4, -0.2) is 61.6 Å². The standard InChI is InChI=1S/C31H46N4O2/c36-30(37)22-33-19-11-18-29(33)31-32-27-16-8-9-17-28(27)35(31)26-20-24-14-10-15-25(21-26)34(24)23-12-6-4-2-1-3-5-7-13-23/h8-9,16-17,23-26,29H,1-7,10-15,18-22H2,(H,36,37)/t24-,25+,26?,29?. The number of carboxylic acids is 1. The van der Waals surface area contributed by atoms with Crippen molar-refractivity contribution in [1.82, 2.24) is 19.4 Å². The van der Waals surface area contributed by atoms with Crippen LogP contribution in [0.25, 0.3) is 11.0 Å². The number of piperidine rings is 2. The van der Waals surface area contributed by atoms with E-state index in [1.807, 2.05) is 0 Å². The van der Waals surface area contributed by atoms with Gasteiger partial charge in [-0.1, -0.05) is 63.5 Å². The van der Waals surface area contributed by atoms with E-state index in [-0.39, 0.29) is 12.6 Å². The third kappa shape index (κ3) is 5.34. The largest absolute Gasteiger partial charge is 0.480 e. The molecule has 2 bridgehead atoms. The predicted octanol–water partition coefficient (Wildman–Crippen LogP) is 6.71. The van der Waals surface area contributed by atoms with Crippen LogP contribution < -0.4 is 0 Å². The van der Waals surface area contributed by atoms with Gasteiger partial charge >= 0.3 is 5.97 Å². The average molecular weight is 507 g/mol. The first-order chi connectivity index (χ1) is 18.2. The summed E-state index contributed by atoms with van der Waals surface area (Å²) >= 11 is 0. The zero-order valence-electron chi connectivity index (χ0n) is 22.6. The number of aliphatic carboxylic acids is 1. The molecule has 4 atom stereocenters. The lowest BCUT2D eigenvalue weighted by Crippen LogP contribution is -2.56. The molecule has 37 heavy (non-hydrogen) atoms. The number of carboxylic acid groups (broad SMARTS) is 1. The summed E-state index contributed by atoms with van der Waals surface area (Å²) in [5, 5.41) is 9.55. The molecular formula is C31H46N4O2. The van der Waals surface area contributed by atoms with E-state index in [1.165, 1.54) is 95.4 Å². The van der Waals surface area contributed by atoms with Gasteiger partial charge in [-0.3, -0.25) is 14.6 Å². The number of benzene rings is 1. The predicted molar refractivity (Wildman–Crippen MR) is 148 cm³/mol. The molecule has 6 nitrogen and oxygen atoms in total. The molecule has 1 aromatic carbocycles. The van der Waals surface area contributed by atoms with E-state index in [1.54, 1.807) is 0 Å². The summed E-state index contributed by atoms with van der Waals surface area (Å²) in [5.74, 6) is 0.387. The van der Waals surface area contributed by atoms with Crippen LogP contribution in [0.4, 0.5) is 0 Å². The minimum Gasteiger partial charge on any atom is -0.480 e. The quantitative estimate of drug-likeness (QED) is 0.488. The summed E-state index contributed by atoms with van der Waals surface area (Å²) in [6.07, 6.45) is 21.2. The van der Waals surface area contributed by atoms with Crippen LogP contribution in [0.5, 0.6) is 0 Å². The molecule has 0 amide bonds. The maximum atomic E-state index is 11.6. The molecule has 1 saturated carbocycles. The SMILES string of the molecule is O=C(O)CN1CCCC1c1nc2ccccc2n1C1C[C@H]2CCC[C@@H](C1)N2C1CCCCCCCCC1. The third-order valence-corrected chi connectivity index (χ3v) is 9.99. The number of hydrogen-bond donors (Lipinski definition) is 1. The van der Waals surface area contributed by atoms with Crippen LogP contribution in [0, 0.1) is 0 Å². The molecule has 3 saturated heterocycles. The minimum absolute atomic E-state index is 0.110. The van der Waals surface area contributed by atoms with Crippen LogP contribution >= 0.6 is 0 Å². The topological polar surface area (TPSA) is 61.6 Å². The van der Waals surface area contributed by atoms with Crippen molar-refractivity contribution in [2.75, 3.05) is 13.1 Å². The number of nitrogens with zero attached hydrogens (tertiary/aromatic N) is 4. The number of hydrogen-bond acceptors (Lipinski definition) is 4. The number of carbonyl (C=O) groups is 1. The van der Waals surface area contributed by atoms with Gasteiger partial charge in [-0.15, -0.1) is 0 Å². The van der Waals surface area contributed by atoms with Gasteiger partial charge in [0.15, 0.2) is 0 Å². The summed E-state index contributed by atoms with van der Waals surface area (Å²) in [4.78, 5) is 22.0. The average Bonchev–Trinajstić information content (AvgIpc) is 3.50.